The average molecular weight is 268 g/mol. The molecule has 1 aliphatic carbocycles. The fraction of sp³-hybridized carbons (Fsp3) is 0.100. The maximum atomic E-state index is 5.40. The summed E-state index contributed by atoms with van der Waals surface area (Å²) in [6, 6.07) is 6.13. The Kier molecular flexibility index (Phi) is 1.69. The highest BCUT2D eigenvalue weighted by Gasteiger charge is 2.23. The van der Waals surface area contributed by atoms with Crippen molar-refractivity contribution in [2.24, 2.45) is 0 Å². The van der Waals surface area contributed by atoms with Crippen LogP contribution in [0.25, 0.3) is 11.3 Å². The van der Waals surface area contributed by atoms with Gasteiger partial charge in [-0.2, -0.15) is 0 Å². The average Bonchev–Trinajstić information content (AvgIpc) is 2.63. The molecule has 4 heteroatoms. The molecule has 1 N–H and O–H groups in total. The van der Waals surface area contributed by atoms with E-state index in [0.717, 1.165) is 22.3 Å². The second kappa shape index (κ2) is 2.81. The van der Waals surface area contributed by atoms with E-state index < -0.39 is 0 Å². The Balaban J connectivity index is 2.35. The summed E-state index contributed by atoms with van der Waals surface area (Å²) in [5.74, 6) is 0.942. The van der Waals surface area contributed by atoms with Crippen LogP contribution >= 0.6 is 28.1 Å². The van der Waals surface area contributed by atoms with Gasteiger partial charge in [-0.3, -0.25) is 0 Å². The summed E-state index contributed by atoms with van der Waals surface area (Å²) in [6.07, 6.45) is 0.819. The van der Waals surface area contributed by atoms with Crippen LogP contribution in [0.3, 0.4) is 0 Å². The predicted octanol–water partition coefficient (Wildman–Crippen LogP) is 3.67. The molecule has 2 aromatic rings. The molecule has 70 valence electrons. The molecular weight excluding hydrogens is 262 g/mol. The molecule has 0 atom stereocenters. The van der Waals surface area contributed by atoms with Crippen molar-refractivity contribution in [1.29, 1.82) is 0 Å². The molecule has 1 aromatic heterocycles. The van der Waals surface area contributed by atoms with Crippen LogP contribution in [0, 0.1) is 4.84 Å². The molecule has 1 heterocycles. The second-order valence-corrected chi connectivity index (χ2v) is 4.48. The van der Waals surface area contributed by atoms with Crippen molar-refractivity contribution < 1.29 is 4.42 Å². The summed E-state index contributed by atoms with van der Waals surface area (Å²) in [7, 11) is 0. The molecule has 0 unspecified atom stereocenters. The fourth-order valence-electron chi connectivity index (χ4n) is 1.84. The highest BCUT2D eigenvalue weighted by molar-refractivity contribution is 9.10. The van der Waals surface area contributed by atoms with Crippen LogP contribution in [0.2, 0.25) is 0 Å². The van der Waals surface area contributed by atoms with Crippen molar-refractivity contribution in [3.63, 3.8) is 0 Å². The third-order valence-electron chi connectivity index (χ3n) is 2.45. The molecule has 0 fully saturated rings. The van der Waals surface area contributed by atoms with E-state index in [1.54, 1.807) is 0 Å². The topological polar surface area (TPSA) is 28.9 Å². The lowest BCUT2D eigenvalue weighted by Gasteiger charge is -2.00. The summed E-state index contributed by atoms with van der Waals surface area (Å²) in [5.41, 5.74) is 3.49. The summed E-state index contributed by atoms with van der Waals surface area (Å²) in [5, 5.41) is 0. The number of nitrogens with one attached hydrogen (secondary N) is 1. The van der Waals surface area contributed by atoms with E-state index in [1.807, 2.05) is 12.1 Å². The van der Waals surface area contributed by atoms with E-state index in [0.29, 0.717) is 4.84 Å². The quantitative estimate of drug-likeness (QED) is 0.630. The maximum absolute atomic E-state index is 5.40. The third-order valence-corrected chi connectivity index (χ3v) is 3.38. The van der Waals surface area contributed by atoms with E-state index >= 15 is 0 Å². The van der Waals surface area contributed by atoms with Crippen LogP contribution < -0.4 is 0 Å². The first-order valence-electron chi connectivity index (χ1n) is 4.25. The smallest absolute Gasteiger partial charge is 0.266 e. The SMILES string of the molecule is S=c1[nH]c2c(o1)Cc1c(Br)cccc1-2. The van der Waals surface area contributed by atoms with Gasteiger partial charge in [0.15, 0.2) is 0 Å². The normalized spacial score (nSPS) is 12.6. The number of benzene rings is 1. The first-order valence-corrected chi connectivity index (χ1v) is 5.45. The van der Waals surface area contributed by atoms with Gasteiger partial charge in [-0.05, 0) is 23.8 Å². The van der Waals surface area contributed by atoms with Gasteiger partial charge in [0.2, 0.25) is 0 Å². The molecule has 0 bridgehead atoms. The van der Waals surface area contributed by atoms with Crippen LogP contribution in [-0.4, -0.2) is 4.98 Å². The van der Waals surface area contributed by atoms with Crippen LogP contribution in [0.4, 0.5) is 0 Å². The Morgan fingerprint density at radius 1 is 1.43 bits per heavy atom. The van der Waals surface area contributed by atoms with E-state index in [2.05, 4.69) is 27.0 Å². The Labute approximate surface area is 94.1 Å². The third kappa shape index (κ3) is 1.04. The lowest BCUT2D eigenvalue weighted by atomic mass is 10.1. The lowest BCUT2D eigenvalue weighted by Crippen LogP contribution is -1.82. The Morgan fingerprint density at radius 2 is 2.29 bits per heavy atom. The molecule has 2 nitrogen and oxygen atoms in total. The number of halogens is 1. The molecule has 14 heavy (non-hydrogen) atoms. The maximum Gasteiger partial charge on any atom is 0.266 e. The van der Waals surface area contributed by atoms with Crippen molar-refractivity contribution in [3.8, 4) is 11.3 Å². The number of aromatic amines is 1. The van der Waals surface area contributed by atoms with Crippen molar-refractivity contribution in [1.82, 2.24) is 4.98 Å². The van der Waals surface area contributed by atoms with Crippen molar-refractivity contribution in [2.45, 2.75) is 6.42 Å². The molecule has 0 saturated carbocycles. The van der Waals surface area contributed by atoms with E-state index in [4.69, 9.17) is 16.6 Å². The number of fused-ring (bicyclic) bond motifs is 3. The van der Waals surface area contributed by atoms with Crippen LogP contribution in [0.5, 0.6) is 0 Å². The van der Waals surface area contributed by atoms with Crippen molar-refractivity contribution in [3.05, 3.63) is 38.8 Å². The van der Waals surface area contributed by atoms with E-state index in [1.165, 1.54) is 11.1 Å². The second-order valence-electron chi connectivity index (χ2n) is 3.26. The first kappa shape index (κ1) is 8.44. The molecule has 1 aliphatic rings. The number of rotatable bonds is 0. The summed E-state index contributed by atoms with van der Waals surface area (Å²) < 4.78 is 6.53. The molecule has 0 aliphatic heterocycles. The lowest BCUT2D eigenvalue weighted by molar-refractivity contribution is 0.502. The number of oxazole rings is 1. The molecule has 0 saturated heterocycles. The van der Waals surface area contributed by atoms with Crippen molar-refractivity contribution >= 4 is 28.1 Å². The standard InChI is InChI=1S/C10H6BrNOS/c11-7-3-1-2-5-6(7)4-8-9(5)12-10(14)13-8/h1-3H,4H2,(H,12,14). The highest BCUT2D eigenvalue weighted by Crippen LogP contribution is 2.39. The van der Waals surface area contributed by atoms with Gasteiger partial charge >= 0.3 is 0 Å². The van der Waals surface area contributed by atoms with E-state index in [-0.39, 0.29) is 0 Å². The van der Waals surface area contributed by atoms with Gasteiger partial charge in [0.25, 0.3) is 4.84 Å². The zero-order valence-electron chi connectivity index (χ0n) is 7.13. The molecule has 0 radical (unpaired) electrons. The Morgan fingerprint density at radius 3 is 3.14 bits per heavy atom. The van der Waals surface area contributed by atoms with Crippen LogP contribution in [0.15, 0.2) is 27.1 Å². The van der Waals surface area contributed by atoms with Gasteiger partial charge in [-0.25, -0.2) is 0 Å². The van der Waals surface area contributed by atoms with Gasteiger partial charge in [0, 0.05) is 16.5 Å². The van der Waals surface area contributed by atoms with E-state index in [9.17, 15) is 0 Å². The van der Waals surface area contributed by atoms with Gasteiger partial charge in [-0.15, -0.1) is 0 Å². The zero-order chi connectivity index (χ0) is 9.71. The highest BCUT2D eigenvalue weighted by atomic mass is 79.9. The van der Waals surface area contributed by atoms with Gasteiger partial charge in [-0.1, -0.05) is 28.1 Å². The largest absolute Gasteiger partial charge is 0.434 e. The van der Waals surface area contributed by atoms with Gasteiger partial charge in [0.1, 0.15) is 5.76 Å². The van der Waals surface area contributed by atoms with Gasteiger partial charge < -0.3 is 9.40 Å². The predicted molar refractivity (Wildman–Crippen MR) is 59.8 cm³/mol. The summed E-state index contributed by atoms with van der Waals surface area (Å²) >= 11 is 8.48. The Hall–Kier alpha value is -0.870. The number of aromatic nitrogens is 1. The zero-order valence-corrected chi connectivity index (χ0v) is 9.54. The number of H-pyrrole nitrogens is 1. The van der Waals surface area contributed by atoms with Crippen molar-refractivity contribution in [2.75, 3.05) is 0 Å². The minimum absolute atomic E-state index is 0.459. The Bertz CT molecular complexity index is 570. The molecule has 3 rings (SSSR count). The minimum Gasteiger partial charge on any atom is -0.434 e. The minimum atomic E-state index is 0.459. The summed E-state index contributed by atoms with van der Waals surface area (Å²) in [6.45, 7) is 0. The number of hydrogen-bond donors (Lipinski definition) is 1. The monoisotopic (exact) mass is 267 g/mol. The molecule has 0 amide bonds. The molecular formula is C10H6BrNOS. The molecule has 1 aromatic carbocycles. The van der Waals surface area contributed by atoms with Crippen LogP contribution in [-0.2, 0) is 6.42 Å². The molecule has 0 spiro atoms. The summed E-state index contributed by atoms with van der Waals surface area (Å²) in [4.78, 5) is 3.53. The number of hydrogen-bond acceptors (Lipinski definition) is 2. The van der Waals surface area contributed by atoms with Gasteiger partial charge in [0.05, 0.1) is 5.69 Å². The first-order chi connectivity index (χ1) is 6.75. The fourth-order valence-corrected chi connectivity index (χ4v) is 2.54. The van der Waals surface area contributed by atoms with Crippen LogP contribution in [0.1, 0.15) is 11.3 Å².